The predicted molar refractivity (Wildman–Crippen MR) is 115 cm³/mol. The number of hydrogen-bond acceptors (Lipinski definition) is 5. The number of ether oxygens (including phenoxy) is 1. The molecule has 3 aromatic rings. The van der Waals surface area contributed by atoms with Crippen LogP contribution in [0, 0.1) is 13.8 Å². The highest BCUT2D eigenvalue weighted by atomic mass is 32.2. The molecule has 2 aromatic carbocycles. The van der Waals surface area contributed by atoms with Crippen molar-refractivity contribution >= 4 is 38.2 Å². The Bertz CT molecular complexity index is 1190. The number of hydrogen-bond donors (Lipinski definition) is 2. The maximum absolute atomic E-state index is 13.0. The van der Waals surface area contributed by atoms with E-state index >= 15 is 0 Å². The van der Waals surface area contributed by atoms with E-state index in [4.69, 9.17) is 4.74 Å². The minimum atomic E-state index is -3.44. The van der Waals surface area contributed by atoms with Gasteiger partial charge in [-0.25, -0.2) is 8.42 Å². The molecular weight excluding hydrogens is 390 g/mol. The van der Waals surface area contributed by atoms with Crippen LogP contribution in [0.5, 0.6) is 5.75 Å². The molecule has 0 spiro atoms. The van der Waals surface area contributed by atoms with E-state index in [0.29, 0.717) is 22.7 Å². The Balaban J connectivity index is 1.93. The molecule has 0 fully saturated rings. The van der Waals surface area contributed by atoms with Gasteiger partial charge in [-0.15, -0.1) is 0 Å². The number of carbonyl (C=O) groups excluding carboxylic acids is 1. The molecule has 0 radical (unpaired) electrons. The minimum absolute atomic E-state index is 0.0530. The Hall–Kier alpha value is -3.13. The summed E-state index contributed by atoms with van der Waals surface area (Å²) in [6, 6.07) is 12.3. The molecule has 0 aliphatic rings. The van der Waals surface area contributed by atoms with Crippen LogP contribution in [0.15, 0.2) is 42.5 Å². The summed E-state index contributed by atoms with van der Waals surface area (Å²) in [5.74, 6) is -0.0239. The third-order valence-electron chi connectivity index (χ3n) is 4.44. The summed E-state index contributed by atoms with van der Waals surface area (Å²) in [6.07, 6.45) is 0. The summed E-state index contributed by atoms with van der Waals surface area (Å²) in [7, 11) is -2.00. The van der Waals surface area contributed by atoms with Gasteiger partial charge in [0.15, 0.2) is 0 Å². The van der Waals surface area contributed by atoms with Crippen LogP contribution in [0.25, 0.3) is 10.9 Å². The first-order valence-electron chi connectivity index (χ1n) is 9.10. The molecule has 2 N–H and O–H groups in total. The van der Waals surface area contributed by atoms with Crippen molar-refractivity contribution in [2.45, 2.75) is 20.8 Å². The summed E-state index contributed by atoms with van der Waals surface area (Å²) >= 11 is 0. The van der Waals surface area contributed by atoms with E-state index in [2.05, 4.69) is 15.0 Å². The Kier molecular flexibility index (Phi) is 5.74. The molecule has 7 nitrogen and oxygen atoms in total. The summed E-state index contributed by atoms with van der Waals surface area (Å²) < 4.78 is 31.4. The molecule has 0 saturated heterocycles. The van der Waals surface area contributed by atoms with Crippen molar-refractivity contribution in [2.75, 3.05) is 22.9 Å². The lowest BCUT2D eigenvalue weighted by molar-refractivity contribution is 0.102. The highest BCUT2D eigenvalue weighted by molar-refractivity contribution is 7.92. The second kappa shape index (κ2) is 8.08. The molecule has 1 aromatic heterocycles. The van der Waals surface area contributed by atoms with E-state index in [0.717, 1.165) is 22.2 Å². The van der Waals surface area contributed by atoms with Crippen molar-refractivity contribution in [3.63, 3.8) is 0 Å². The molecule has 0 atom stereocenters. The van der Waals surface area contributed by atoms with Crippen LogP contribution < -0.4 is 14.8 Å². The van der Waals surface area contributed by atoms with Crippen molar-refractivity contribution in [1.82, 2.24) is 4.98 Å². The van der Waals surface area contributed by atoms with E-state index in [-0.39, 0.29) is 11.7 Å². The highest BCUT2D eigenvalue weighted by Crippen LogP contribution is 2.29. The molecule has 29 heavy (non-hydrogen) atoms. The van der Waals surface area contributed by atoms with E-state index in [1.165, 1.54) is 7.11 Å². The number of amides is 1. The lowest BCUT2D eigenvalue weighted by atomic mass is 10.0. The largest absolute Gasteiger partial charge is 0.494 e. The number of pyridine rings is 1. The fourth-order valence-corrected chi connectivity index (χ4v) is 3.60. The van der Waals surface area contributed by atoms with E-state index in [1.54, 1.807) is 31.2 Å². The van der Waals surface area contributed by atoms with Crippen LogP contribution in [-0.4, -0.2) is 32.2 Å². The summed E-state index contributed by atoms with van der Waals surface area (Å²) in [5.41, 5.74) is 3.85. The van der Waals surface area contributed by atoms with Gasteiger partial charge in [-0.05, 0) is 51.1 Å². The van der Waals surface area contributed by atoms with E-state index in [1.807, 2.05) is 32.0 Å². The number of nitrogens with one attached hydrogen (secondary N) is 2. The normalized spacial score (nSPS) is 11.3. The van der Waals surface area contributed by atoms with Crippen molar-refractivity contribution < 1.29 is 17.9 Å². The highest BCUT2D eigenvalue weighted by Gasteiger charge is 2.15. The van der Waals surface area contributed by atoms with Crippen LogP contribution in [-0.2, 0) is 10.0 Å². The Labute approximate surface area is 170 Å². The van der Waals surface area contributed by atoms with Gasteiger partial charge in [-0.1, -0.05) is 11.6 Å². The maximum Gasteiger partial charge on any atom is 0.256 e. The summed E-state index contributed by atoms with van der Waals surface area (Å²) in [6.45, 7) is 5.35. The smallest absolute Gasteiger partial charge is 0.256 e. The molecule has 0 unspecified atom stereocenters. The zero-order valence-corrected chi connectivity index (χ0v) is 17.6. The Morgan fingerprint density at radius 3 is 2.55 bits per heavy atom. The Morgan fingerprint density at radius 2 is 1.86 bits per heavy atom. The number of aromatic nitrogens is 1. The molecule has 1 amide bonds. The minimum Gasteiger partial charge on any atom is -0.494 e. The fraction of sp³-hybridized carbons (Fsp3) is 0.238. The number of rotatable bonds is 6. The van der Waals surface area contributed by atoms with Gasteiger partial charge in [0, 0.05) is 22.8 Å². The summed E-state index contributed by atoms with van der Waals surface area (Å²) in [5, 5.41) is 3.62. The third kappa shape index (κ3) is 4.65. The van der Waals surface area contributed by atoms with Crippen LogP contribution >= 0.6 is 0 Å². The van der Waals surface area contributed by atoms with Gasteiger partial charge in [-0.3, -0.25) is 14.5 Å². The van der Waals surface area contributed by atoms with Gasteiger partial charge in [0.25, 0.3) is 5.91 Å². The average molecular weight is 413 g/mol. The lowest BCUT2D eigenvalue weighted by Gasteiger charge is -2.14. The number of methoxy groups -OCH3 is 1. The van der Waals surface area contributed by atoms with Gasteiger partial charge in [-0.2, -0.15) is 0 Å². The lowest BCUT2D eigenvalue weighted by Crippen LogP contribution is -2.16. The second-order valence-corrected chi connectivity index (χ2v) is 8.72. The van der Waals surface area contributed by atoms with Gasteiger partial charge < -0.3 is 10.1 Å². The fourth-order valence-electron chi connectivity index (χ4n) is 2.95. The second-order valence-electron chi connectivity index (χ2n) is 6.71. The molecule has 8 heteroatoms. The van der Waals surface area contributed by atoms with Crippen LogP contribution in [0.3, 0.4) is 0 Å². The first-order chi connectivity index (χ1) is 13.7. The average Bonchev–Trinajstić information content (AvgIpc) is 2.68. The third-order valence-corrected chi connectivity index (χ3v) is 5.73. The molecule has 3 rings (SSSR count). The number of anilines is 2. The van der Waals surface area contributed by atoms with Crippen molar-refractivity contribution in [1.29, 1.82) is 0 Å². The van der Waals surface area contributed by atoms with Crippen molar-refractivity contribution in [3.05, 3.63) is 59.3 Å². The van der Waals surface area contributed by atoms with Gasteiger partial charge in [0.2, 0.25) is 10.0 Å². The van der Waals surface area contributed by atoms with Crippen LogP contribution in [0.2, 0.25) is 0 Å². The number of sulfonamides is 1. The topological polar surface area (TPSA) is 97.4 Å². The number of nitrogens with zero attached hydrogens (tertiary/aromatic N) is 1. The van der Waals surface area contributed by atoms with E-state index in [9.17, 15) is 13.2 Å². The standard InChI is InChI=1S/C21H23N3O4S/c1-5-29(26,27)24-19-9-7-15(12-20(19)28-4)23-21(25)17-11-14(3)22-18-8-6-13(2)10-16(17)18/h6-12,24H,5H2,1-4H3,(H,23,25). The first-order valence-corrected chi connectivity index (χ1v) is 10.8. The number of aryl methyl sites for hydroxylation is 2. The predicted octanol–water partition coefficient (Wildman–Crippen LogP) is 3.87. The van der Waals surface area contributed by atoms with Crippen LogP contribution in [0.4, 0.5) is 11.4 Å². The van der Waals surface area contributed by atoms with Gasteiger partial charge in [0.05, 0.1) is 29.6 Å². The first kappa shape index (κ1) is 20.6. The molecule has 0 bridgehead atoms. The number of fused-ring (bicyclic) bond motifs is 1. The molecule has 0 aliphatic carbocycles. The quantitative estimate of drug-likeness (QED) is 0.639. The molecular formula is C21H23N3O4S. The molecule has 152 valence electrons. The SMILES string of the molecule is CCS(=O)(=O)Nc1ccc(NC(=O)c2cc(C)nc3ccc(C)cc23)cc1OC. The van der Waals surface area contributed by atoms with Gasteiger partial charge in [0.1, 0.15) is 5.75 Å². The molecule has 1 heterocycles. The van der Waals surface area contributed by atoms with E-state index < -0.39 is 10.0 Å². The molecule has 0 saturated carbocycles. The monoisotopic (exact) mass is 413 g/mol. The zero-order valence-electron chi connectivity index (χ0n) is 16.7. The number of carbonyl (C=O) groups is 1. The van der Waals surface area contributed by atoms with Crippen molar-refractivity contribution in [3.8, 4) is 5.75 Å². The maximum atomic E-state index is 13.0. The Morgan fingerprint density at radius 1 is 1.10 bits per heavy atom. The van der Waals surface area contributed by atoms with Gasteiger partial charge >= 0.3 is 0 Å². The van der Waals surface area contributed by atoms with Crippen molar-refractivity contribution in [2.24, 2.45) is 0 Å². The van der Waals surface area contributed by atoms with Crippen LogP contribution in [0.1, 0.15) is 28.5 Å². The number of benzene rings is 2. The zero-order chi connectivity index (χ0) is 21.2. The summed E-state index contributed by atoms with van der Waals surface area (Å²) in [4.78, 5) is 17.4. The molecule has 0 aliphatic heterocycles.